The molecule has 0 saturated carbocycles. The van der Waals surface area contributed by atoms with E-state index in [-0.39, 0.29) is 5.91 Å². The van der Waals surface area contributed by atoms with Gasteiger partial charge in [-0.05, 0) is 37.5 Å². The fourth-order valence-corrected chi connectivity index (χ4v) is 3.86. The van der Waals surface area contributed by atoms with Crippen molar-refractivity contribution in [2.75, 3.05) is 18.0 Å². The second-order valence-corrected chi connectivity index (χ2v) is 6.86. The number of carbonyl (C=O) groups is 3. The third-order valence-electron chi connectivity index (χ3n) is 4.48. The average molecular weight is 371 g/mol. The van der Waals surface area contributed by atoms with Crippen molar-refractivity contribution in [2.24, 2.45) is 5.92 Å². The van der Waals surface area contributed by atoms with Crippen LogP contribution in [-0.4, -0.2) is 46.9 Å². The molecule has 2 atom stereocenters. The van der Waals surface area contributed by atoms with Crippen molar-refractivity contribution in [3.8, 4) is 0 Å². The molecule has 2 heterocycles. The number of carbonyl (C=O) groups excluding carboxylic acids is 2. The van der Waals surface area contributed by atoms with Crippen molar-refractivity contribution in [2.45, 2.75) is 25.3 Å². The molecule has 2 aliphatic heterocycles. The quantitative estimate of drug-likeness (QED) is 0.828. The molecule has 1 aromatic rings. The van der Waals surface area contributed by atoms with Crippen LogP contribution in [0.2, 0.25) is 10.0 Å². The number of halogens is 2. The summed E-state index contributed by atoms with van der Waals surface area (Å²) < 4.78 is 0. The maximum atomic E-state index is 12.6. The zero-order valence-electron chi connectivity index (χ0n) is 12.7. The molecule has 128 valence electrons. The van der Waals surface area contributed by atoms with Crippen LogP contribution in [0.5, 0.6) is 0 Å². The summed E-state index contributed by atoms with van der Waals surface area (Å²) in [7, 11) is 0. The predicted octanol–water partition coefficient (Wildman–Crippen LogP) is 2.42. The van der Waals surface area contributed by atoms with Gasteiger partial charge in [0.25, 0.3) is 0 Å². The third kappa shape index (κ3) is 3.08. The van der Waals surface area contributed by atoms with Crippen molar-refractivity contribution < 1.29 is 19.5 Å². The Hall–Kier alpha value is -1.79. The maximum absolute atomic E-state index is 12.6. The van der Waals surface area contributed by atoms with E-state index < -0.39 is 23.8 Å². The summed E-state index contributed by atoms with van der Waals surface area (Å²) in [6.45, 7) is 0.750. The Morgan fingerprint density at radius 2 is 1.75 bits per heavy atom. The van der Waals surface area contributed by atoms with Crippen LogP contribution in [0.25, 0.3) is 0 Å². The molecule has 3 rings (SSSR count). The molecule has 2 fully saturated rings. The Bertz CT molecular complexity index is 689. The van der Waals surface area contributed by atoms with E-state index in [2.05, 4.69) is 0 Å². The average Bonchev–Trinajstić information content (AvgIpc) is 3.12. The van der Waals surface area contributed by atoms with E-state index in [1.165, 1.54) is 9.80 Å². The smallest absolute Gasteiger partial charge is 0.326 e. The number of aliphatic carboxylic acids is 1. The molecule has 0 spiro atoms. The van der Waals surface area contributed by atoms with E-state index in [1.54, 1.807) is 18.2 Å². The first-order valence-corrected chi connectivity index (χ1v) is 8.45. The molecule has 1 aromatic carbocycles. The van der Waals surface area contributed by atoms with Crippen LogP contribution in [0.3, 0.4) is 0 Å². The summed E-state index contributed by atoms with van der Waals surface area (Å²) in [5.41, 5.74) is 0.545. The lowest BCUT2D eigenvalue weighted by atomic mass is 10.1. The van der Waals surface area contributed by atoms with Gasteiger partial charge in [0.2, 0.25) is 11.8 Å². The van der Waals surface area contributed by atoms with Gasteiger partial charge >= 0.3 is 5.97 Å². The number of hydrogen-bond donors (Lipinski definition) is 1. The predicted molar refractivity (Wildman–Crippen MR) is 89.3 cm³/mol. The van der Waals surface area contributed by atoms with Crippen LogP contribution in [0, 0.1) is 5.92 Å². The molecule has 0 unspecified atom stereocenters. The largest absolute Gasteiger partial charge is 0.480 e. The fourth-order valence-electron chi connectivity index (χ4n) is 3.35. The van der Waals surface area contributed by atoms with Crippen LogP contribution in [0.15, 0.2) is 18.2 Å². The second-order valence-electron chi connectivity index (χ2n) is 5.99. The van der Waals surface area contributed by atoms with E-state index in [4.69, 9.17) is 23.2 Å². The Balaban J connectivity index is 1.78. The van der Waals surface area contributed by atoms with Gasteiger partial charge in [0.15, 0.2) is 0 Å². The topological polar surface area (TPSA) is 77.9 Å². The van der Waals surface area contributed by atoms with Gasteiger partial charge in [-0.1, -0.05) is 23.2 Å². The Kier molecular flexibility index (Phi) is 4.69. The Morgan fingerprint density at radius 1 is 1.08 bits per heavy atom. The molecule has 2 saturated heterocycles. The van der Waals surface area contributed by atoms with Crippen LogP contribution in [-0.2, 0) is 14.4 Å². The van der Waals surface area contributed by atoms with E-state index in [0.717, 1.165) is 0 Å². The SMILES string of the molecule is O=C(O)[C@H]1CCCN1C(=O)[C@@H]1CCN(c2cc(Cl)cc(Cl)c2)C1=O. The number of rotatable bonds is 3. The molecule has 0 aliphatic carbocycles. The Labute approximate surface area is 148 Å². The first kappa shape index (κ1) is 17.0. The van der Waals surface area contributed by atoms with Gasteiger partial charge in [-0.3, -0.25) is 9.59 Å². The molecule has 8 heteroatoms. The van der Waals surface area contributed by atoms with E-state index in [9.17, 15) is 19.5 Å². The van der Waals surface area contributed by atoms with Gasteiger partial charge in [-0.2, -0.15) is 0 Å². The number of hydrogen-bond acceptors (Lipinski definition) is 3. The summed E-state index contributed by atoms with van der Waals surface area (Å²) in [5.74, 6) is -2.61. The van der Waals surface area contributed by atoms with Crippen LogP contribution in [0.1, 0.15) is 19.3 Å². The first-order valence-electron chi connectivity index (χ1n) is 7.69. The number of likely N-dealkylation sites (tertiary alicyclic amines) is 1. The molecule has 24 heavy (non-hydrogen) atoms. The summed E-state index contributed by atoms with van der Waals surface area (Å²) in [6, 6.07) is 3.97. The number of amides is 2. The normalized spacial score (nSPS) is 23.8. The number of carboxylic acids is 1. The zero-order valence-corrected chi connectivity index (χ0v) is 14.3. The highest BCUT2D eigenvalue weighted by Gasteiger charge is 2.44. The summed E-state index contributed by atoms with van der Waals surface area (Å²) in [6.07, 6.45) is 1.41. The molecule has 0 radical (unpaired) electrons. The molecule has 2 amide bonds. The lowest BCUT2D eigenvalue weighted by molar-refractivity contribution is -0.151. The fraction of sp³-hybridized carbons (Fsp3) is 0.438. The highest BCUT2D eigenvalue weighted by atomic mass is 35.5. The van der Waals surface area contributed by atoms with E-state index in [0.29, 0.717) is 48.1 Å². The van der Waals surface area contributed by atoms with E-state index >= 15 is 0 Å². The van der Waals surface area contributed by atoms with Crippen LogP contribution in [0.4, 0.5) is 5.69 Å². The molecule has 0 aromatic heterocycles. The van der Waals surface area contributed by atoms with Crippen molar-refractivity contribution in [3.05, 3.63) is 28.2 Å². The standard InChI is InChI=1S/C16H16Cl2N2O4/c17-9-6-10(18)8-11(7-9)19-5-3-12(14(19)21)15(22)20-4-1-2-13(20)16(23)24/h6-8,12-13H,1-5H2,(H,23,24)/t12-,13-/m1/s1. The van der Waals surface area contributed by atoms with Crippen LogP contribution < -0.4 is 4.90 Å². The highest BCUT2D eigenvalue weighted by molar-refractivity contribution is 6.35. The van der Waals surface area contributed by atoms with Gasteiger partial charge in [-0.25, -0.2) is 4.79 Å². The van der Waals surface area contributed by atoms with Crippen molar-refractivity contribution in [1.29, 1.82) is 0 Å². The molecule has 0 bridgehead atoms. The van der Waals surface area contributed by atoms with Crippen molar-refractivity contribution >= 4 is 46.7 Å². The first-order chi connectivity index (χ1) is 11.4. The number of nitrogens with zero attached hydrogens (tertiary/aromatic N) is 2. The summed E-state index contributed by atoms with van der Waals surface area (Å²) in [4.78, 5) is 39.3. The Morgan fingerprint density at radius 3 is 2.38 bits per heavy atom. The van der Waals surface area contributed by atoms with Gasteiger partial charge in [0.1, 0.15) is 12.0 Å². The van der Waals surface area contributed by atoms with Gasteiger partial charge < -0.3 is 14.9 Å². The second kappa shape index (κ2) is 6.61. The molecule has 2 aliphatic rings. The summed E-state index contributed by atoms with van der Waals surface area (Å²) >= 11 is 11.9. The molecular weight excluding hydrogens is 355 g/mol. The lowest BCUT2D eigenvalue weighted by Gasteiger charge is -2.24. The third-order valence-corrected chi connectivity index (χ3v) is 4.92. The minimum atomic E-state index is -1.02. The van der Waals surface area contributed by atoms with Crippen molar-refractivity contribution in [3.63, 3.8) is 0 Å². The molecular formula is C16H16Cl2N2O4. The number of anilines is 1. The summed E-state index contributed by atoms with van der Waals surface area (Å²) in [5, 5.41) is 10.0. The highest BCUT2D eigenvalue weighted by Crippen LogP contribution is 2.32. The monoisotopic (exact) mass is 370 g/mol. The number of carboxylic acid groups (broad SMARTS) is 1. The van der Waals surface area contributed by atoms with Crippen molar-refractivity contribution in [1.82, 2.24) is 4.90 Å². The maximum Gasteiger partial charge on any atom is 0.326 e. The van der Waals surface area contributed by atoms with Gasteiger partial charge in [0, 0.05) is 28.8 Å². The minimum absolute atomic E-state index is 0.339. The van der Waals surface area contributed by atoms with Gasteiger partial charge in [-0.15, -0.1) is 0 Å². The van der Waals surface area contributed by atoms with Gasteiger partial charge in [0.05, 0.1) is 0 Å². The lowest BCUT2D eigenvalue weighted by Crippen LogP contribution is -2.45. The molecule has 1 N–H and O–H groups in total. The minimum Gasteiger partial charge on any atom is -0.480 e. The van der Waals surface area contributed by atoms with Crippen LogP contribution >= 0.6 is 23.2 Å². The number of benzene rings is 1. The molecule has 6 nitrogen and oxygen atoms in total. The zero-order chi connectivity index (χ0) is 17.4. The van der Waals surface area contributed by atoms with E-state index in [1.807, 2.05) is 0 Å².